The summed E-state index contributed by atoms with van der Waals surface area (Å²) in [4.78, 5) is 30.6. The first kappa shape index (κ1) is 19.0. The highest BCUT2D eigenvalue weighted by Gasteiger charge is 2.26. The number of nitrogens with one attached hydrogen (secondary N) is 1. The molecule has 3 heterocycles. The molecule has 0 radical (unpaired) electrons. The zero-order chi connectivity index (χ0) is 20.1. The fraction of sp³-hybridized carbons (Fsp3) is 0.318. The van der Waals surface area contributed by atoms with Gasteiger partial charge >= 0.3 is 0 Å². The van der Waals surface area contributed by atoms with Crippen LogP contribution >= 0.6 is 0 Å². The average Bonchev–Trinajstić information content (AvgIpc) is 3.42. The Labute approximate surface area is 168 Å². The molecular formula is C22H23N3O4. The van der Waals surface area contributed by atoms with Gasteiger partial charge in [-0.2, -0.15) is 0 Å². The van der Waals surface area contributed by atoms with Crippen molar-refractivity contribution in [2.75, 3.05) is 19.6 Å². The lowest BCUT2D eigenvalue weighted by Gasteiger charge is -2.30. The van der Waals surface area contributed by atoms with Crippen LogP contribution in [0.4, 0.5) is 0 Å². The van der Waals surface area contributed by atoms with E-state index in [2.05, 4.69) is 10.3 Å². The number of benzene rings is 1. The number of oxazole rings is 1. The molecule has 2 amide bonds. The number of amides is 2. The molecule has 150 valence electrons. The van der Waals surface area contributed by atoms with Crippen LogP contribution in [0.2, 0.25) is 0 Å². The fourth-order valence-electron chi connectivity index (χ4n) is 3.49. The number of para-hydroxylation sites is 2. The van der Waals surface area contributed by atoms with E-state index in [0.29, 0.717) is 25.4 Å². The van der Waals surface area contributed by atoms with Gasteiger partial charge in [-0.05, 0) is 43.2 Å². The highest BCUT2D eigenvalue weighted by Crippen LogP contribution is 2.30. The number of hydrogen-bond donors (Lipinski definition) is 1. The quantitative estimate of drug-likeness (QED) is 0.649. The first-order chi connectivity index (χ1) is 14.2. The summed E-state index contributed by atoms with van der Waals surface area (Å²) >= 11 is 0. The number of piperidine rings is 1. The lowest BCUT2D eigenvalue weighted by molar-refractivity contribution is -0.132. The zero-order valence-electron chi connectivity index (χ0n) is 16.0. The molecule has 7 nitrogen and oxygen atoms in total. The third-order valence-corrected chi connectivity index (χ3v) is 5.09. The molecule has 0 spiro atoms. The lowest BCUT2D eigenvalue weighted by Crippen LogP contribution is -2.39. The van der Waals surface area contributed by atoms with Crippen LogP contribution in [0.3, 0.4) is 0 Å². The summed E-state index contributed by atoms with van der Waals surface area (Å²) in [5.41, 5.74) is 1.68. The third-order valence-electron chi connectivity index (χ3n) is 5.09. The maximum atomic E-state index is 12.4. The number of hydrogen-bond acceptors (Lipinski definition) is 5. The molecule has 0 bridgehead atoms. The van der Waals surface area contributed by atoms with Gasteiger partial charge in [-0.3, -0.25) is 9.59 Å². The van der Waals surface area contributed by atoms with Crippen molar-refractivity contribution in [3.8, 4) is 0 Å². The van der Waals surface area contributed by atoms with Crippen LogP contribution in [-0.4, -0.2) is 41.3 Å². The van der Waals surface area contributed by atoms with Crippen molar-refractivity contribution in [2.45, 2.75) is 25.2 Å². The second kappa shape index (κ2) is 8.77. The van der Waals surface area contributed by atoms with Gasteiger partial charge in [-0.15, -0.1) is 0 Å². The second-order valence-electron chi connectivity index (χ2n) is 7.06. The predicted molar refractivity (Wildman–Crippen MR) is 108 cm³/mol. The SMILES string of the molecule is O=C(/C=C/c1ccco1)NCCC(=O)N1CCC(c2nc3ccccc3o2)CC1. The molecular weight excluding hydrogens is 370 g/mol. The summed E-state index contributed by atoms with van der Waals surface area (Å²) in [5, 5.41) is 2.72. The van der Waals surface area contributed by atoms with E-state index in [4.69, 9.17) is 8.83 Å². The van der Waals surface area contributed by atoms with Crippen LogP contribution in [0.15, 0.2) is 57.6 Å². The number of rotatable bonds is 6. The fourth-order valence-corrected chi connectivity index (χ4v) is 3.49. The average molecular weight is 393 g/mol. The molecule has 1 fully saturated rings. The third kappa shape index (κ3) is 4.74. The number of carbonyl (C=O) groups excluding carboxylic acids is 2. The molecule has 1 aliphatic heterocycles. The lowest BCUT2D eigenvalue weighted by atomic mass is 9.96. The normalized spacial score (nSPS) is 15.2. The predicted octanol–water partition coefficient (Wildman–Crippen LogP) is 3.35. The van der Waals surface area contributed by atoms with Gasteiger partial charge in [-0.25, -0.2) is 4.98 Å². The van der Waals surface area contributed by atoms with Gasteiger partial charge in [0.25, 0.3) is 0 Å². The van der Waals surface area contributed by atoms with Crippen LogP contribution in [0.25, 0.3) is 17.2 Å². The number of aromatic nitrogens is 1. The Hall–Kier alpha value is -3.35. The van der Waals surface area contributed by atoms with Crippen LogP contribution in [0.5, 0.6) is 0 Å². The van der Waals surface area contributed by atoms with Gasteiger partial charge in [0.05, 0.1) is 6.26 Å². The van der Waals surface area contributed by atoms with Crippen molar-refractivity contribution in [1.82, 2.24) is 15.2 Å². The van der Waals surface area contributed by atoms with Crippen LogP contribution in [-0.2, 0) is 9.59 Å². The highest BCUT2D eigenvalue weighted by molar-refractivity contribution is 5.91. The Morgan fingerprint density at radius 1 is 1.17 bits per heavy atom. The number of nitrogens with zero attached hydrogens (tertiary/aromatic N) is 2. The first-order valence-electron chi connectivity index (χ1n) is 9.82. The van der Waals surface area contributed by atoms with E-state index in [1.54, 1.807) is 24.5 Å². The zero-order valence-corrected chi connectivity index (χ0v) is 16.0. The van der Waals surface area contributed by atoms with Gasteiger partial charge in [-0.1, -0.05) is 12.1 Å². The van der Waals surface area contributed by atoms with Gasteiger partial charge in [0, 0.05) is 38.0 Å². The summed E-state index contributed by atoms with van der Waals surface area (Å²) in [6.45, 7) is 1.66. The molecule has 1 saturated heterocycles. The topological polar surface area (TPSA) is 88.6 Å². The maximum Gasteiger partial charge on any atom is 0.244 e. The van der Waals surface area contributed by atoms with Crippen molar-refractivity contribution in [1.29, 1.82) is 0 Å². The smallest absolute Gasteiger partial charge is 0.244 e. The Kier molecular flexibility index (Phi) is 5.74. The molecule has 0 unspecified atom stereocenters. The number of likely N-dealkylation sites (tertiary alicyclic amines) is 1. The second-order valence-corrected chi connectivity index (χ2v) is 7.06. The van der Waals surface area contributed by atoms with Crippen molar-refractivity contribution in [2.24, 2.45) is 0 Å². The molecule has 2 aromatic heterocycles. The molecule has 4 rings (SSSR count). The number of furan rings is 1. The Balaban J connectivity index is 1.20. The summed E-state index contributed by atoms with van der Waals surface area (Å²) < 4.78 is 11.0. The minimum atomic E-state index is -0.246. The van der Waals surface area contributed by atoms with Crippen molar-refractivity contribution >= 4 is 29.0 Å². The summed E-state index contributed by atoms with van der Waals surface area (Å²) in [6, 6.07) is 11.3. The maximum absolute atomic E-state index is 12.4. The largest absolute Gasteiger partial charge is 0.465 e. The van der Waals surface area contributed by atoms with Crippen molar-refractivity contribution < 1.29 is 18.4 Å². The van der Waals surface area contributed by atoms with Gasteiger partial charge in [0.1, 0.15) is 11.3 Å². The summed E-state index contributed by atoms with van der Waals surface area (Å²) in [6.07, 6.45) is 6.48. The molecule has 3 aromatic rings. The standard InChI is InChI=1S/C22H23N3O4/c26-20(8-7-17-4-3-15-28-17)23-12-9-21(27)25-13-10-16(11-14-25)22-24-18-5-1-2-6-19(18)29-22/h1-8,15-16H,9-14H2,(H,23,26)/b8-7+. The van der Waals surface area contributed by atoms with Crippen LogP contribution in [0, 0.1) is 0 Å². The molecule has 1 aliphatic rings. The monoisotopic (exact) mass is 393 g/mol. The molecule has 1 aromatic carbocycles. The van der Waals surface area contributed by atoms with E-state index in [0.717, 1.165) is 29.8 Å². The first-order valence-corrected chi connectivity index (χ1v) is 9.82. The molecule has 0 saturated carbocycles. The van der Waals surface area contributed by atoms with Gasteiger partial charge < -0.3 is 19.1 Å². The Morgan fingerprint density at radius 3 is 2.76 bits per heavy atom. The van der Waals surface area contributed by atoms with Crippen molar-refractivity contribution in [3.05, 3.63) is 60.4 Å². The summed E-state index contributed by atoms with van der Waals surface area (Å²) in [5.74, 6) is 1.41. The van der Waals surface area contributed by atoms with Gasteiger partial charge in [0.15, 0.2) is 11.5 Å². The number of fused-ring (bicyclic) bond motifs is 1. The van der Waals surface area contributed by atoms with Gasteiger partial charge in [0.2, 0.25) is 11.8 Å². The minimum absolute atomic E-state index is 0.0522. The summed E-state index contributed by atoms with van der Waals surface area (Å²) in [7, 11) is 0. The van der Waals surface area contributed by atoms with E-state index in [1.165, 1.54) is 6.08 Å². The van der Waals surface area contributed by atoms with E-state index >= 15 is 0 Å². The van der Waals surface area contributed by atoms with Crippen LogP contribution in [0.1, 0.15) is 36.8 Å². The number of carbonyl (C=O) groups is 2. The highest BCUT2D eigenvalue weighted by atomic mass is 16.3. The molecule has 7 heteroatoms. The van der Waals surface area contributed by atoms with Crippen molar-refractivity contribution in [3.63, 3.8) is 0 Å². The van der Waals surface area contributed by atoms with Crippen LogP contribution < -0.4 is 5.32 Å². The van der Waals surface area contributed by atoms with E-state index < -0.39 is 0 Å². The molecule has 29 heavy (non-hydrogen) atoms. The minimum Gasteiger partial charge on any atom is -0.465 e. The molecule has 0 atom stereocenters. The van der Waals surface area contributed by atoms with E-state index in [-0.39, 0.29) is 24.2 Å². The van der Waals surface area contributed by atoms with E-state index in [1.807, 2.05) is 29.2 Å². The molecule has 1 N–H and O–H groups in total. The molecule has 0 aliphatic carbocycles. The Morgan fingerprint density at radius 2 is 2.00 bits per heavy atom. The Bertz CT molecular complexity index is 965. The van der Waals surface area contributed by atoms with E-state index in [9.17, 15) is 9.59 Å².